The summed E-state index contributed by atoms with van der Waals surface area (Å²) >= 11 is 0. The molecule has 5 rings (SSSR count). The standard InChI is InChI=1S/C23H29N3O6/c1-24-11-9-22-8-7-16(13-18(22)32-17-6-4-5-15(14-24)19(17)22)26(21(28)29)23(30-2)10-12-25(31-3)20(23)27/h4-8,16,18H,9-14H2,1-3H3,(H,28,29)/t16-,18-,22-,23+/m0/s1. The lowest BCUT2D eigenvalue weighted by molar-refractivity contribution is -0.195. The first-order chi connectivity index (χ1) is 15.4. The molecule has 3 heterocycles. The molecule has 0 unspecified atom stereocenters. The highest BCUT2D eigenvalue weighted by molar-refractivity contribution is 5.89. The Balaban J connectivity index is 1.54. The summed E-state index contributed by atoms with van der Waals surface area (Å²) in [6.45, 7) is 2.02. The molecule has 0 saturated carbocycles. The molecule has 0 bridgehead atoms. The number of hydrogen-bond donors (Lipinski definition) is 1. The number of ether oxygens (including phenoxy) is 2. The fourth-order valence-corrected chi connectivity index (χ4v) is 6.00. The maximum atomic E-state index is 13.0. The van der Waals surface area contributed by atoms with E-state index >= 15 is 0 Å². The van der Waals surface area contributed by atoms with E-state index < -0.39 is 23.8 Å². The summed E-state index contributed by atoms with van der Waals surface area (Å²) in [5.74, 6) is 0.367. The van der Waals surface area contributed by atoms with Crippen molar-refractivity contribution in [2.24, 2.45) is 0 Å². The van der Waals surface area contributed by atoms with Gasteiger partial charge in [-0.2, -0.15) is 0 Å². The summed E-state index contributed by atoms with van der Waals surface area (Å²) in [6, 6.07) is 5.59. The Hall–Kier alpha value is -2.62. The van der Waals surface area contributed by atoms with Crippen LogP contribution in [0.15, 0.2) is 30.4 Å². The lowest BCUT2D eigenvalue weighted by Crippen LogP contribution is -2.62. The molecule has 4 aliphatic rings. The quantitative estimate of drug-likeness (QED) is 0.562. The molecule has 1 aromatic carbocycles. The number of hydrogen-bond acceptors (Lipinski definition) is 6. The molecule has 172 valence electrons. The van der Waals surface area contributed by atoms with Crippen LogP contribution in [0.4, 0.5) is 4.79 Å². The molecule has 1 saturated heterocycles. The van der Waals surface area contributed by atoms with Crippen LogP contribution in [-0.4, -0.2) is 84.2 Å². The first-order valence-electron chi connectivity index (χ1n) is 11.0. The van der Waals surface area contributed by atoms with Crippen molar-refractivity contribution in [2.45, 2.75) is 49.1 Å². The van der Waals surface area contributed by atoms with Crippen molar-refractivity contribution in [1.82, 2.24) is 14.9 Å². The van der Waals surface area contributed by atoms with Gasteiger partial charge in [0.1, 0.15) is 11.9 Å². The Morgan fingerprint density at radius 3 is 2.78 bits per heavy atom. The normalized spacial score (nSPS) is 33.5. The van der Waals surface area contributed by atoms with Crippen LogP contribution >= 0.6 is 0 Å². The minimum Gasteiger partial charge on any atom is -0.489 e. The largest absolute Gasteiger partial charge is 0.489 e. The number of rotatable bonds is 4. The molecule has 9 heteroatoms. The Bertz CT molecular complexity index is 982. The molecule has 1 aromatic rings. The van der Waals surface area contributed by atoms with Crippen molar-refractivity contribution in [3.63, 3.8) is 0 Å². The molecular weight excluding hydrogens is 414 g/mol. The van der Waals surface area contributed by atoms with E-state index in [0.717, 1.165) is 35.2 Å². The molecule has 0 aromatic heterocycles. The van der Waals surface area contributed by atoms with Crippen LogP contribution in [-0.2, 0) is 26.3 Å². The molecule has 1 aliphatic carbocycles. The highest BCUT2D eigenvalue weighted by Gasteiger charge is 2.59. The number of carboxylic acid groups (broad SMARTS) is 1. The maximum Gasteiger partial charge on any atom is 0.410 e. The van der Waals surface area contributed by atoms with Crippen LogP contribution in [0.5, 0.6) is 5.75 Å². The number of amides is 2. The van der Waals surface area contributed by atoms with E-state index in [1.807, 2.05) is 18.2 Å². The molecule has 32 heavy (non-hydrogen) atoms. The zero-order chi connectivity index (χ0) is 22.7. The first-order valence-corrected chi connectivity index (χ1v) is 11.0. The Labute approximate surface area is 187 Å². The molecular formula is C23H29N3O6. The molecule has 1 N–H and O–H groups in total. The van der Waals surface area contributed by atoms with Gasteiger partial charge in [0.2, 0.25) is 5.72 Å². The average molecular weight is 444 g/mol. The molecule has 4 atom stereocenters. The second kappa shape index (κ2) is 7.47. The van der Waals surface area contributed by atoms with Crippen LogP contribution in [0.3, 0.4) is 0 Å². The second-order valence-corrected chi connectivity index (χ2v) is 9.07. The van der Waals surface area contributed by atoms with Gasteiger partial charge in [-0.25, -0.2) is 9.86 Å². The average Bonchev–Trinajstić information content (AvgIpc) is 3.22. The zero-order valence-corrected chi connectivity index (χ0v) is 18.6. The van der Waals surface area contributed by atoms with Crippen LogP contribution < -0.4 is 4.74 Å². The minimum atomic E-state index is -1.62. The van der Waals surface area contributed by atoms with Gasteiger partial charge in [0.15, 0.2) is 0 Å². The topological polar surface area (TPSA) is 91.8 Å². The van der Waals surface area contributed by atoms with Crippen LogP contribution in [0.2, 0.25) is 0 Å². The smallest absolute Gasteiger partial charge is 0.410 e. The van der Waals surface area contributed by atoms with Gasteiger partial charge in [0.25, 0.3) is 5.91 Å². The summed E-state index contributed by atoms with van der Waals surface area (Å²) in [5, 5.41) is 11.3. The van der Waals surface area contributed by atoms with Gasteiger partial charge in [0.05, 0.1) is 25.1 Å². The third kappa shape index (κ3) is 2.81. The lowest BCUT2D eigenvalue weighted by Gasteiger charge is -2.44. The number of hydroxylamine groups is 2. The number of methoxy groups -OCH3 is 1. The van der Waals surface area contributed by atoms with E-state index in [1.54, 1.807) is 0 Å². The second-order valence-electron chi connectivity index (χ2n) is 9.07. The number of benzene rings is 1. The monoisotopic (exact) mass is 443 g/mol. The van der Waals surface area contributed by atoms with Crippen molar-refractivity contribution in [2.75, 3.05) is 34.4 Å². The summed E-state index contributed by atoms with van der Waals surface area (Å²) in [5.41, 5.74) is 0.547. The van der Waals surface area contributed by atoms with Gasteiger partial charge in [-0.3, -0.25) is 14.5 Å². The molecule has 2 amide bonds. The number of carbonyl (C=O) groups is 2. The Morgan fingerprint density at radius 1 is 1.28 bits per heavy atom. The lowest BCUT2D eigenvalue weighted by atomic mass is 9.68. The fraction of sp³-hybridized carbons (Fsp3) is 0.565. The maximum absolute atomic E-state index is 13.0. The highest BCUT2D eigenvalue weighted by Crippen LogP contribution is 2.53. The number of nitrogens with zero attached hydrogens (tertiary/aromatic N) is 3. The van der Waals surface area contributed by atoms with E-state index in [4.69, 9.17) is 14.3 Å². The number of carbonyl (C=O) groups excluding carboxylic acids is 1. The molecule has 9 nitrogen and oxygen atoms in total. The predicted molar refractivity (Wildman–Crippen MR) is 114 cm³/mol. The minimum absolute atomic E-state index is 0.193. The van der Waals surface area contributed by atoms with Gasteiger partial charge in [-0.1, -0.05) is 24.3 Å². The van der Waals surface area contributed by atoms with Gasteiger partial charge in [-0.05, 0) is 31.6 Å². The van der Waals surface area contributed by atoms with Gasteiger partial charge in [-0.15, -0.1) is 0 Å². The molecule has 0 radical (unpaired) electrons. The van der Waals surface area contributed by atoms with E-state index in [9.17, 15) is 14.7 Å². The van der Waals surface area contributed by atoms with Crippen LogP contribution in [0.1, 0.15) is 30.4 Å². The van der Waals surface area contributed by atoms with Crippen molar-refractivity contribution in [3.05, 3.63) is 41.5 Å². The zero-order valence-electron chi connectivity index (χ0n) is 18.6. The van der Waals surface area contributed by atoms with E-state index in [0.29, 0.717) is 6.42 Å². The third-order valence-electron chi connectivity index (χ3n) is 7.54. The highest BCUT2D eigenvalue weighted by atomic mass is 16.7. The molecule has 3 aliphatic heterocycles. The SMILES string of the molecule is CON1CC[C@](OC)(N(C(=O)O)[C@H]2C=C[C@@]34CCN(C)Cc5cccc(c53)O[C@H]4C2)C1=O. The van der Waals surface area contributed by atoms with Crippen molar-refractivity contribution < 1.29 is 29.0 Å². The van der Waals surface area contributed by atoms with Gasteiger partial charge < -0.3 is 19.5 Å². The van der Waals surface area contributed by atoms with Crippen LogP contribution in [0.25, 0.3) is 0 Å². The summed E-state index contributed by atoms with van der Waals surface area (Å²) in [6.07, 6.45) is 4.14. The Morgan fingerprint density at radius 2 is 2.09 bits per heavy atom. The predicted octanol–water partition coefficient (Wildman–Crippen LogP) is 1.97. The summed E-state index contributed by atoms with van der Waals surface area (Å²) in [7, 11) is 4.88. The van der Waals surface area contributed by atoms with Gasteiger partial charge in [0, 0.05) is 32.1 Å². The Kier molecular flexibility index (Phi) is 4.96. The van der Waals surface area contributed by atoms with E-state index in [1.165, 1.54) is 25.3 Å². The van der Waals surface area contributed by atoms with Crippen molar-refractivity contribution in [1.29, 1.82) is 0 Å². The van der Waals surface area contributed by atoms with Crippen molar-refractivity contribution in [3.8, 4) is 5.75 Å². The van der Waals surface area contributed by atoms with Gasteiger partial charge >= 0.3 is 6.09 Å². The molecule has 1 spiro atoms. The van der Waals surface area contributed by atoms with Crippen LogP contribution in [0, 0.1) is 0 Å². The van der Waals surface area contributed by atoms with E-state index in [2.05, 4.69) is 24.1 Å². The molecule has 1 fully saturated rings. The first kappa shape index (κ1) is 21.2. The summed E-state index contributed by atoms with van der Waals surface area (Å²) in [4.78, 5) is 34.1. The third-order valence-corrected chi connectivity index (χ3v) is 7.54. The van der Waals surface area contributed by atoms with E-state index in [-0.39, 0.29) is 24.5 Å². The fourth-order valence-electron chi connectivity index (χ4n) is 6.00. The summed E-state index contributed by atoms with van der Waals surface area (Å²) < 4.78 is 12.0. The van der Waals surface area contributed by atoms with Crippen molar-refractivity contribution >= 4 is 12.0 Å².